The van der Waals surface area contributed by atoms with E-state index in [4.69, 9.17) is 17.3 Å². The number of nitrogen functional groups attached to an aromatic ring is 1. The van der Waals surface area contributed by atoms with Crippen molar-refractivity contribution in [3.8, 4) is 0 Å². The summed E-state index contributed by atoms with van der Waals surface area (Å²) in [6, 6.07) is 11.2. The maximum atomic E-state index is 12.0. The second-order valence-corrected chi connectivity index (χ2v) is 6.27. The van der Waals surface area contributed by atoms with Crippen molar-refractivity contribution in [2.45, 2.75) is 18.7 Å². The van der Waals surface area contributed by atoms with Crippen LogP contribution in [0.2, 0.25) is 5.02 Å². The molecule has 0 aliphatic carbocycles. The number of aryl methyl sites for hydroxylation is 2. The Morgan fingerprint density at radius 1 is 1.24 bits per heavy atom. The number of nitrogens with one attached hydrogen (secondary N) is 1. The van der Waals surface area contributed by atoms with Crippen LogP contribution in [0, 0.1) is 13.8 Å². The van der Waals surface area contributed by atoms with Crippen molar-refractivity contribution >= 4 is 40.6 Å². The van der Waals surface area contributed by atoms with E-state index in [9.17, 15) is 4.79 Å². The van der Waals surface area contributed by atoms with Gasteiger partial charge in [-0.2, -0.15) is 0 Å². The first-order chi connectivity index (χ1) is 9.95. The molecule has 0 bridgehead atoms. The molecule has 2 aromatic rings. The maximum absolute atomic E-state index is 12.0. The Morgan fingerprint density at radius 2 is 2.00 bits per heavy atom. The van der Waals surface area contributed by atoms with Crippen molar-refractivity contribution < 1.29 is 4.79 Å². The van der Waals surface area contributed by atoms with Gasteiger partial charge in [-0.05, 0) is 43.7 Å². The summed E-state index contributed by atoms with van der Waals surface area (Å²) in [6.07, 6.45) is 0. The molecule has 0 fully saturated rings. The number of hydrogen-bond acceptors (Lipinski definition) is 3. The van der Waals surface area contributed by atoms with E-state index >= 15 is 0 Å². The Kier molecular flexibility index (Phi) is 5.15. The summed E-state index contributed by atoms with van der Waals surface area (Å²) in [4.78, 5) is 13.1. The van der Waals surface area contributed by atoms with Gasteiger partial charge >= 0.3 is 0 Å². The predicted octanol–water partition coefficient (Wildman–Crippen LogP) is 4.27. The van der Waals surface area contributed by atoms with Crippen LogP contribution < -0.4 is 11.1 Å². The smallest absolute Gasteiger partial charge is 0.234 e. The van der Waals surface area contributed by atoms with Crippen molar-refractivity contribution in [1.29, 1.82) is 0 Å². The Morgan fingerprint density at radius 3 is 2.71 bits per heavy atom. The second-order valence-electron chi connectivity index (χ2n) is 4.85. The van der Waals surface area contributed by atoms with Crippen molar-refractivity contribution in [3.63, 3.8) is 0 Å². The number of halogens is 1. The van der Waals surface area contributed by atoms with Crippen LogP contribution in [0.5, 0.6) is 0 Å². The third-order valence-corrected chi connectivity index (χ3v) is 4.46. The van der Waals surface area contributed by atoms with Gasteiger partial charge in [-0.15, -0.1) is 11.8 Å². The number of amides is 1. The molecule has 3 nitrogen and oxygen atoms in total. The lowest BCUT2D eigenvalue weighted by Gasteiger charge is -2.09. The first-order valence-electron chi connectivity index (χ1n) is 6.50. The molecule has 5 heteroatoms. The fourth-order valence-corrected chi connectivity index (χ4v) is 2.90. The van der Waals surface area contributed by atoms with E-state index in [1.165, 1.54) is 22.9 Å². The zero-order chi connectivity index (χ0) is 15.4. The molecule has 0 heterocycles. The fourth-order valence-electron chi connectivity index (χ4n) is 1.93. The molecule has 0 saturated heterocycles. The van der Waals surface area contributed by atoms with Crippen molar-refractivity contribution in [2.75, 3.05) is 16.8 Å². The first kappa shape index (κ1) is 15.7. The van der Waals surface area contributed by atoms with Gasteiger partial charge in [0.1, 0.15) is 0 Å². The van der Waals surface area contributed by atoms with E-state index < -0.39 is 0 Å². The molecule has 3 N–H and O–H groups in total. The normalized spacial score (nSPS) is 10.4. The minimum absolute atomic E-state index is 0.104. The summed E-state index contributed by atoms with van der Waals surface area (Å²) in [5.41, 5.74) is 9.19. The number of thioether (sulfide) groups is 1. The molecule has 2 rings (SSSR count). The summed E-state index contributed by atoms with van der Waals surface area (Å²) >= 11 is 7.53. The molecule has 0 aliphatic heterocycles. The lowest BCUT2D eigenvalue weighted by atomic mass is 10.2. The van der Waals surface area contributed by atoms with Gasteiger partial charge in [0, 0.05) is 10.6 Å². The van der Waals surface area contributed by atoms with Gasteiger partial charge in [0.2, 0.25) is 5.91 Å². The summed E-state index contributed by atoms with van der Waals surface area (Å²) in [5, 5.41) is 3.26. The Balaban J connectivity index is 1.97. The summed E-state index contributed by atoms with van der Waals surface area (Å²) < 4.78 is 0. The number of rotatable bonds is 4. The number of carbonyl (C=O) groups is 1. The molecule has 0 aliphatic rings. The fraction of sp³-hybridized carbons (Fsp3) is 0.188. The highest BCUT2D eigenvalue weighted by molar-refractivity contribution is 8.00. The highest BCUT2D eigenvalue weighted by Crippen LogP contribution is 2.26. The van der Waals surface area contributed by atoms with Crippen molar-refractivity contribution in [3.05, 3.63) is 52.5 Å². The molecular weight excluding hydrogens is 304 g/mol. The van der Waals surface area contributed by atoms with Crippen LogP contribution in [0.4, 0.5) is 11.4 Å². The average molecular weight is 321 g/mol. The maximum Gasteiger partial charge on any atom is 0.234 e. The van der Waals surface area contributed by atoms with Crippen LogP contribution in [0.3, 0.4) is 0 Å². The minimum atomic E-state index is -0.104. The number of anilines is 2. The van der Waals surface area contributed by atoms with Crippen molar-refractivity contribution in [2.24, 2.45) is 0 Å². The molecule has 1 amide bonds. The van der Waals surface area contributed by atoms with E-state index in [-0.39, 0.29) is 5.91 Å². The lowest BCUT2D eigenvalue weighted by molar-refractivity contribution is -0.113. The molecule has 0 atom stereocenters. The van der Waals surface area contributed by atoms with Crippen LogP contribution in [0.1, 0.15) is 11.1 Å². The number of benzene rings is 2. The minimum Gasteiger partial charge on any atom is -0.399 e. The van der Waals surface area contributed by atoms with E-state index in [1.807, 2.05) is 19.1 Å². The number of hydrogen-bond donors (Lipinski definition) is 2. The highest BCUT2D eigenvalue weighted by atomic mass is 35.5. The average Bonchev–Trinajstić information content (AvgIpc) is 2.42. The van der Waals surface area contributed by atoms with Gasteiger partial charge in [-0.3, -0.25) is 4.79 Å². The SMILES string of the molecule is Cc1ccc(SCC(=O)Nc2cc(N)ccc2Cl)c(C)c1. The quantitative estimate of drug-likeness (QED) is 0.653. The van der Waals surface area contributed by atoms with Crippen LogP contribution in [0.15, 0.2) is 41.3 Å². The largest absolute Gasteiger partial charge is 0.399 e. The second kappa shape index (κ2) is 6.87. The van der Waals surface area contributed by atoms with Crippen LogP contribution in [-0.4, -0.2) is 11.7 Å². The predicted molar refractivity (Wildman–Crippen MR) is 91.1 cm³/mol. The summed E-state index contributed by atoms with van der Waals surface area (Å²) in [5.74, 6) is 0.224. The van der Waals surface area contributed by atoms with Gasteiger partial charge in [0.05, 0.1) is 16.5 Å². The molecule has 110 valence electrons. The molecule has 0 radical (unpaired) electrons. The van der Waals surface area contributed by atoms with E-state index in [2.05, 4.69) is 18.3 Å². The van der Waals surface area contributed by atoms with Gasteiger partial charge in [-0.1, -0.05) is 29.3 Å². The molecule has 0 spiro atoms. The monoisotopic (exact) mass is 320 g/mol. The van der Waals surface area contributed by atoms with Crippen molar-refractivity contribution in [1.82, 2.24) is 0 Å². The summed E-state index contributed by atoms with van der Waals surface area (Å²) in [6.45, 7) is 4.10. The van der Waals surface area contributed by atoms with Gasteiger partial charge in [0.25, 0.3) is 0 Å². The third kappa shape index (κ3) is 4.41. The van der Waals surface area contributed by atoms with Gasteiger partial charge in [-0.25, -0.2) is 0 Å². The van der Waals surface area contributed by atoms with Crippen LogP contribution in [-0.2, 0) is 4.79 Å². The Bertz CT molecular complexity index is 673. The Hall–Kier alpha value is -1.65. The standard InChI is InChI=1S/C16H17ClN2OS/c1-10-3-6-15(11(2)7-10)21-9-16(20)19-14-8-12(18)4-5-13(14)17/h3-8H,9,18H2,1-2H3,(H,19,20). The molecule has 0 unspecified atom stereocenters. The zero-order valence-corrected chi connectivity index (χ0v) is 13.5. The molecular formula is C16H17ClN2OS. The molecule has 2 aromatic carbocycles. The topological polar surface area (TPSA) is 55.1 Å². The number of nitrogens with two attached hydrogens (primary N) is 1. The molecule has 0 aromatic heterocycles. The number of carbonyl (C=O) groups excluding carboxylic acids is 1. The van der Waals surface area contributed by atoms with Crippen LogP contribution in [0.25, 0.3) is 0 Å². The Labute approximate surface area is 133 Å². The van der Waals surface area contributed by atoms with E-state index in [0.717, 1.165) is 4.90 Å². The van der Waals surface area contributed by atoms with Crippen LogP contribution >= 0.6 is 23.4 Å². The van der Waals surface area contributed by atoms with Gasteiger partial charge in [0.15, 0.2) is 0 Å². The third-order valence-electron chi connectivity index (χ3n) is 2.95. The van der Waals surface area contributed by atoms with E-state index in [1.54, 1.807) is 18.2 Å². The summed E-state index contributed by atoms with van der Waals surface area (Å²) in [7, 11) is 0. The van der Waals surface area contributed by atoms with Gasteiger partial charge < -0.3 is 11.1 Å². The van der Waals surface area contributed by atoms with E-state index in [0.29, 0.717) is 22.2 Å². The lowest BCUT2D eigenvalue weighted by Crippen LogP contribution is -2.14. The molecule has 21 heavy (non-hydrogen) atoms. The zero-order valence-electron chi connectivity index (χ0n) is 11.9. The highest BCUT2D eigenvalue weighted by Gasteiger charge is 2.08. The molecule has 0 saturated carbocycles. The first-order valence-corrected chi connectivity index (χ1v) is 7.87.